The quantitative estimate of drug-likeness (QED) is 0.669. The first kappa shape index (κ1) is 14.0. The van der Waals surface area contributed by atoms with Gasteiger partial charge >= 0.3 is 5.69 Å². The molecule has 0 bridgehead atoms. The summed E-state index contributed by atoms with van der Waals surface area (Å²) in [6.45, 7) is 4.03. The lowest BCUT2D eigenvalue weighted by Crippen LogP contribution is -2.19. The van der Waals surface area contributed by atoms with E-state index in [4.69, 9.17) is 0 Å². The second-order valence-corrected chi connectivity index (χ2v) is 4.86. The minimum Gasteiger partial charge on any atom is -0.362 e. The van der Waals surface area contributed by atoms with Crippen LogP contribution in [0.4, 0.5) is 11.5 Å². The fraction of sp³-hybridized carbons (Fsp3) is 0.267. The maximum Gasteiger partial charge on any atom is 0.311 e. The highest BCUT2D eigenvalue weighted by Gasteiger charge is 2.15. The topological polar surface area (TPSA) is 68.1 Å². The van der Waals surface area contributed by atoms with Crippen LogP contribution in [0.5, 0.6) is 0 Å². The van der Waals surface area contributed by atoms with Crippen molar-refractivity contribution in [3.05, 3.63) is 63.8 Å². The lowest BCUT2D eigenvalue weighted by molar-refractivity contribution is -0.384. The van der Waals surface area contributed by atoms with Crippen LogP contribution in [-0.4, -0.2) is 15.9 Å². The van der Waals surface area contributed by atoms with Crippen LogP contribution in [0.3, 0.4) is 0 Å². The van der Waals surface area contributed by atoms with Gasteiger partial charge in [0.2, 0.25) is 5.82 Å². The Labute approximate surface area is 117 Å². The summed E-state index contributed by atoms with van der Waals surface area (Å²) in [4.78, 5) is 14.5. The van der Waals surface area contributed by atoms with Crippen LogP contribution in [0.2, 0.25) is 0 Å². The second kappa shape index (κ2) is 6.14. The van der Waals surface area contributed by atoms with Gasteiger partial charge in [0.15, 0.2) is 0 Å². The van der Waals surface area contributed by atoms with E-state index in [0.717, 1.165) is 6.42 Å². The van der Waals surface area contributed by atoms with Crippen molar-refractivity contribution in [1.82, 2.24) is 4.98 Å². The summed E-state index contributed by atoms with van der Waals surface area (Å²) in [5.41, 5.74) is 2.41. The molecular weight excluding hydrogens is 254 g/mol. The van der Waals surface area contributed by atoms with E-state index >= 15 is 0 Å². The molecule has 0 aliphatic heterocycles. The van der Waals surface area contributed by atoms with E-state index in [1.807, 2.05) is 13.8 Å². The molecule has 1 aromatic heterocycles. The van der Waals surface area contributed by atoms with Crippen LogP contribution >= 0.6 is 0 Å². The third kappa shape index (κ3) is 3.54. The number of anilines is 1. The fourth-order valence-corrected chi connectivity index (χ4v) is 2.02. The van der Waals surface area contributed by atoms with Gasteiger partial charge in [-0.3, -0.25) is 10.1 Å². The van der Waals surface area contributed by atoms with Gasteiger partial charge in [-0.1, -0.05) is 29.8 Å². The number of aryl methyl sites for hydroxylation is 1. The molecule has 104 valence electrons. The summed E-state index contributed by atoms with van der Waals surface area (Å²) in [7, 11) is 0. The fourth-order valence-electron chi connectivity index (χ4n) is 2.02. The average Bonchev–Trinajstić information content (AvgIpc) is 2.41. The monoisotopic (exact) mass is 271 g/mol. The first-order valence-electron chi connectivity index (χ1n) is 6.48. The number of hydrogen-bond donors (Lipinski definition) is 1. The van der Waals surface area contributed by atoms with Gasteiger partial charge in [-0.25, -0.2) is 4.98 Å². The van der Waals surface area contributed by atoms with Gasteiger partial charge in [0.25, 0.3) is 0 Å². The molecule has 1 atom stereocenters. The molecule has 5 nitrogen and oxygen atoms in total. The maximum atomic E-state index is 10.9. The molecule has 0 aliphatic carbocycles. The Bertz CT molecular complexity index is 596. The SMILES string of the molecule is Cc1ccc(C[C@H](C)Nc2ncccc2[N+](=O)[O-])cc1. The lowest BCUT2D eigenvalue weighted by Gasteiger charge is -2.14. The highest BCUT2D eigenvalue weighted by molar-refractivity contribution is 5.55. The maximum absolute atomic E-state index is 10.9. The van der Waals surface area contributed by atoms with Gasteiger partial charge in [-0.15, -0.1) is 0 Å². The van der Waals surface area contributed by atoms with Crippen molar-refractivity contribution in [3.8, 4) is 0 Å². The van der Waals surface area contributed by atoms with Gasteiger partial charge in [0.1, 0.15) is 0 Å². The average molecular weight is 271 g/mol. The molecule has 2 rings (SSSR count). The zero-order valence-electron chi connectivity index (χ0n) is 11.5. The number of nitrogens with zero attached hydrogens (tertiary/aromatic N) is 2. The molecule has 1 aromatic carbocycles. The molecule has 1 N–H and O–H groups in total. The van der Waals surface area contributed by atoms with Crippen LogP contribution in [0.1, 0.15) is 18.1 Å². The summed E-state index contributed by atoms with van der Waals surface area (Å²) in [5, 5.41) is 14.0. The van der Waals surface area contributed by atoms with Crippen molar-refractivity contribution in [3.63, 3.8) is 0 Å². The molecule has 5 heteroatoms. The first-order chi connectivity index (χ1) is 9.56. The molecule has 0 unspecified atom stereocenters. The van der Waals surface area contributed by atoms with Crippen LogP contribution in [0.25, 0.3) is 0 Å². The normalized spacial score (nSPS) is 11.9. The smallest absolute Gasteiger partial charge is 0.311 e. The molecule has 0 saturated carbocycles. The van der Waals surface area contributed by atoms with Crippen molar-refractivity contribution >= 4 is 11.5 Å². The first-order valence-corrected chi connectivity index (χ1v) is 6.48. The zero-order valence-corrected chi connectivity index (χ0v) is 11.5. The molecule has 0 aliphatic rings. The number of hydrogen-bond acceptors (Lipinski definition) is 4. The molecule has 0 radical (unpaired) electrons. The van der Waals surface area contributed by atoms with E-state index in [1.165, 1.54) is 17.2 Å². The van der Waals surface area contributed by atoms with Crippen molar-refractivity contribution in [2.24, 2.45) is 0 Å². The molecular formula is C15H17N3O2. The molecule has 2 aromatic rings. The molecule has 1 heterocycles. The summed E-state index contributed by atoms with van der Waals surface area (Å²) in [6.07, 6.45) is 2.34. The number of nitro groups is 1. The van der Waals surface area contributed by atoms with E-state index in [-0.39, 0.29) is 11.7 Å². The van der Waals surface area contributed by atoms with E-state index in [9.17, 15) is 10.1 Å². The van der Waals surface area contributed by atoms with Crippen LogP contribution in [0, 0.1) is 17.0 Å². The highest BCUT2D eigenvalue weighted by atomic mass is 16.6. The summed E-state index contributed by atoms with van der Waals surface area (Å²) in [5.74, 6) is 0.317. The molecule has 0 spiro atoms. The predicted octanol–water partition coefficient (Wildman–Crippen LogP) is 3.34. The van der Waals surface area contributed by atoms with Gasteiger partial charge in [0.05, 0.1) is 4.92 Å². The summed E-state index contributed by atoms with van der Waals surface area (Å²) >= 11 is 0. The summed E-state index contributed by atoms with van der Waals surface area (Å²) < 4.78 is 0. The van der Waals surface area contributed by atoms with Crippen molar-refractivity contribution < 1.29 is 4.92 Å². The van der Waals surface area contributed by atoms with Crippen LogP contribution in [-0.2, 0) is 6.42 Å². The van der Waals surface area contributed by atoms with Gasteiger partial charge < -0.3 is 5.32 Å². The predicted molar refractivity (Wildman–Crippen MR) is 78.9 cm³/mol. The third-order valence-electron chi connectivity index (χ3n) is 3.03. The van der Waals surface area contributed by atoms with E-state index in [0.29, 0.717) is 5.82 Å². The molecule has 20 heavy (non-hydrogen) atoms. The number of pyridine rings is 1. The minimum absolute atomic E-state index is 0.00301. The van der Waals surface area contributed by atoms with E-state index in [1.54, 1.807) is 12.3 Å². The lowest BCUT2D eigenvalue weighted by atomic mass is 10.1. The molecule has 0 saturated heterocycles. The minimum atomic E-state index is -0.423. The Hall–Kier alpha value is -2.43. The zero-order chi connectivity index (χ0) is 14.5. The Morgan fingerprint density at radius 1 is 1.30 bits per heavy atom. The van der Waals surface area contributed by atoms with Crippen molar-refractivity contribution in [2.45, 2.75) is 26.3 Å². The van der Waals surface area contributed by atoms with E-state index < -0.39 is 4.92 Å². The number of aromatic nitrogens is 1. The number of benzene rings is 1. The Balaban J connectivity index is 2.06. The standard InChI is InChI=1S/C15H17N3O2/c1-11-5-7-13(8-6-11)10-12(2)17-15-14(18(19)20)4-3-9-16-15/h3-9,12H,10H2,1-2H3,(H,16,17)/t12-/m0/s1. The summed E-state index contributed by atoms with van der Waals surface area (Å²) in [6, 6.07) is 11.3. The third-order valence-corrected chi connectivity index (χ3v) is 3.03. The largest absolute Gasteiger partial charge is 0.362 e. The van der Waals surface area contributed by atoms with Gasteiger partial charge in [-0.2, -0.15) is 0 Å². The van der Waals surface area contributed by atoms with Crippen LogP contribution < -0.4 is 5.32 Å². The van der Waals surface area contributed by atoms with Gasteiger partial charge in [-0.05, 0) is 31.9 Å². The van der Waals surface area contributed by atoms with Crippen LogP contribution in [0.15, 0.2) is 42.6 Å². The Morgan fingerprint density at radius 2 is 2.00 bits per heavy atom. The van der Waals surface area contributed by atoms with Gasteiger partial charge in [0, 0.05) is 18.3 Å². The van der Waals surface area contributed by atoms with Crippen molar-refractivity contribution in [2.75, 3.05) is 5.32 Å². The molecule has 0 fully saturated rings. The second-order valence-electron chi connectivity index (χ2n) is 4.86. The number of rotatable bonds is 5. The number of nitrogens with one attached hydrogen (secondary N) is 1. The molecule has 0 amide bonds. The van der Waals surface area contributed by atoms with E-state index in [2.05, 4.69) is 34.6 Å². The Morgan fingerprint density at radius 3 is 2.65 bits per heavy atom. The Kier molecular flexibility index (Phi) is 4.30. The highest BCUT2D eigenvalue weighted by Crippen LogP contribution is 2.21. The van der Waals surface area contributed by atoms with Crippen molar-refractivity contribution in [1.29, 1.82) is 0 Å².